The van der Waals surface area contributed by atoms with Gasteiger partial charge in [-0.15, -0.1) is 0 Å². The number of hydrogen-bond acceptors (Lipinski definition) is 9. The molecule has 1 fully saturated rings. The van der Waals surface area contributed by atoms with Gasteiger partial charge in [0.05, 0.1) is 38.4 Å². The van der Waals surface area contributed by atoms with E-state index in [1.165, 1.54) is 25.4 Å². The van der Waals surface area contributed by atoms with Crippen LogP contribution in [0.5, 0.6) is 11.5 Å². The third-order valence-electron chi connectivity index (χ3n) is 5.18. The van der Waals surface area contributed by atoms with E-state index in [-0.39, 0.29) is 49.1 Å². The van der Waals surface area contributed by atoms with Gasteiger partial charge in [-0.25, -0.2) is 0 Å². The number of aromatic nitrogens is 1. The molecule has 1 aliphatic rings. The number of amides is 2. The summed E-state index contributed by atoms with van der Waals surface area (Å²) >= 11 is 0. The Bertz CT molecular complexity index is 1190. The van der Waals surface area contributed by atoms with E-state index in [0.29, 0.717) is 0 Å². The number of nitrogens with two attached hydrogens (primary N) is 1. The largest absolute Gasteiger partial charge is 0.497 e. The Morgan fingerprint density at radius 3 is 2.73 bits per heavy atom. The number of alkyl halides is 3. The number of carbonyl (C=O) groups excluding carboxylic acids is 2. The molecule has 0 radical (unpaired) electrons. The van der Waals surface area contributed by atoms with Crippen LogP contribution in [0.1, 0.15) is 22.5 Å². The number of aliphatic imine (C=N–C) groups is 1. The minimum absolute atomic E-state index is 0.00168. The molecular formula is C23H24F3N5O6. The first-order valence-electron chi connectivity index (χ1n) is 10.7. The molecule has 0 aliphatic carbocycles. The standard InChI is InChI=1S/C23H24F3N5O6/c1-14(11-29-21(33)22(6-8-35-13-22)31-20(32)19-5-7-30-37-19)28-12-16(10-27)36-18-4-3-15(34-2)9-17(18)23(24,25)26/h3-5,7,9-10,12H,1,6,8,11,13,27H2,2H3,(H,29,33)(H,31,32)/b16-10+,28-12-. The molecule has 2 aromatic rings. The van der Waals surface area contributed by atoms with Gasteiger partial charge in [0, 0.05) is 25.3 Å². The van der Waals surface area contributed by atoms with Crippen LogP contribution in [0.4, 0.5) is 13.2 Å². The maximum absolute atomic E-state index is 13.4. The molecule has 198 valence electrons. The van der Waals surface area contributed by atoms with E-state index in [1.807, 2.05) is 0 Å². The van der Waals surface area contributed by atoms with Gasteiger partial charge in [0.15, 0.2) is 5.76 Å². The van der Waals surface area contributed by atoms with Crippen molar-refractivity contribution in [2.24, 2.45) is 10.7 Å². The predicted molar refractivity (Wildman–Crippen MR) is 124 cm³/mol. The number of carbonyl (C=O) groups is 2. The minimum atomic E-state index is -4.71. The number of ether oxygens (including phenoxy) is 3. The summed E-state index contributed by atoms with van der Waals surface area (Å²) in [5, 5.41) is 8.67. The van der Waals surface area contributed by atoms with Gasteiger partial charge < -0.3 is 35.1 Å². The Morgan fingerprint density at radius 2 is 2.14 bits per heavy atom. The van der Waals surface area contributed by atoms with E-state index >= 15 is 0 Å². The second kappa shape index (κ2) is 11.6. The lowest BCUT2D eigenvalue weighted by molar-refractivity contribution is -0.138. The summed E-state index contributed by atoms with van der Waals surface area (Å²) < 4.78 is 60.5. The summed E-state index contributed by atoms with van der Waals surface area (Å²) in [6.45, 7) is 3.73. The number of benzene rings is 1. The Labute approximate surface area is 209 Å². The molecule has 14 heteroatoms. The Kier molecular flexibility index (Phi) is 8.55. The quantitative estimate of drug-likeness (QED) is 0.317. The van der Waals surface area contributed by atoms with Crippen molar-refractivity contribution in [2.75, 3.05) is 26.9 Å². The van der Waals surface area contributed by atoms with Crippen LogP contribution in [-0.2, 0) is 15.7 Å². The summed E-state index contributed by atoms with van der Waals surface area (Å²) in [4.78, 5) is 29.2. The molecule has 1 aromatic heterocycles. The molecular weight excluding hydrogens is 499 g/mol. The molecule has 3 rings (SSSR count). The summed E-state index contributed by atoms with van der Waals surface area (Å²) in [6.07, 6.45) is -1.23. The second-order valence-corrected chi connectivity index (χ2v) is 7.75. The highest BCUT2D eigenvalue weighted by molar-refractivity contribution is 5.97. The SMILES string of the molecule is C=C(CNC(=O)C1(NC(=O)c2ccno2)CCOC1)/N=C\C(=C/N)Oc1ccc(OC)cc1C(F)(F)F. The topological polar surface area (TPSA) is 150 Å². The van der Waals surface area contributed by atoms with Crippen molar-refractivity contribution in [3.05, 3.63) is 66.0 Å². The van der Waals surface area contributed by atoms with Crippen molar-refractivity contribution in [3.8, 4) is 11.5 Å². The van der Waals surface area contributed by atoms with Gasteiger partial charge in [-0.05, 0) is 18.2 Å². The Hall–Kier alpha value is -4.33. The number of methoxy groups -OCH3 is 1. The van der Waals surface area contributed by atoms with Crippen molar-refractivity contribution in [2.45, 2.75) is 18.1 Å². The van der Waals surface area contributed by atoms with Crippen molar-refractivity contribution in [3.63, 3.8) is 0 Å². The molecule has 1 aliphatic heterocycles. The Morgan fingerprint density at radius 1 is 1.35 bits per heavy atom. The van der Waals surface area contributed by atoms with Crippen LogP contribution < -0.4 is 25.8 Å². The first kappa shape index (κ1) is 27.3. The molecule has 2 amide bonds. The highest BCUT2D eigenvalue weighted by Gasteiger charge is 2.44. The first-order valence-corrected chi connectivity index (χ1v) is 10.7. The van der Waals surface area contributed by atoms with Gasteiger partial charge in [-0.2, -0.15) is 13.2 Å². The molecule has 2 heterocycles. The highest BCUT2D eigenvalue weighted by Crippen LogP contribution is 2.39. The summed E-state index contributed by atoms with van der Waals surface area (Å²) in [5.74, 6) is -1.98. The van der Waals surface area contributed by atoms with Crippen LogP contribution in [0, 0.1) is 0 Å². The zero-order valence-electron chi connectivity index (χ0n) is 19.6. The smallest absolute Gasteiger partial charge is 0.420 e. The number of rotatable bonds is 10. The first-order chi connectivity index (χ1) is 17.6. The fourth-order valence-electron chi connectivity index (χ4n) is 3.24. The molecule has 0 bridgehead atoms. The molecule has 37 heavy (non-hydrogen) atoms. The van der Waals surface area contributed by atoms with Crippen LogP contribution in [0.3, 0.4) is 0 Å². The average molecular weight is 523 g/mol. The second-order valence-electron chi connectivity index (χ2n) is 7.75. The molecule has 11 nitrogen and oxygen atoms in total. The number of halogens is 3. The molecule has 0 saturated carbocycles. The molecule has 1 aromatic carbocycles. The molecule has 0 spiro atoms. The van der Waals surface area contributed by atoms with Crippen LogP contribution in [0.2, 0.25) is 0 Å². The Balaban J connectivity index is 1.61. The third-order valence-corrected chi connectivity index (χ3v) is 5.18. The fourth-order valence-corrected chi connectivity index (χ4v) is 3.24. The van der Waals surface area contributed by atoms with E-state index in [0.717, 1.165) is 24.5 Å². The summed E-state index contributed by atoms with van der Waals surface area (Å²) in [5.41, 5.74) is 3.19. The summed E-state index contributed by atoms with van der Waals surface area (Å²) in [7, 11) is 1.24. The number of nitrogens with zero attached hydrogens (tertiary/aromatic N) is 2. The van der Waals surface area contributed by atoms with Crippen molar-refractivity contribution in [1.29, 1.82) is 0 Å². The van der Waals surface area contributed by atoms with Gasteiger partial charge >= 0.3 is 6.18 Å². The van der Waals surface area contributed by atoms with E-state index in [2.05, 4.69) is 27.4 Å². The number of hydrogen-bond donors (Lipinski definition) is 3. The van der Waals surface area contributed by atoms with Crippen LogP contribution in [-0.4, -0.2) is 55.6 Å². The lowest BCUT2D eigenvalue weighted by Crippen LogP contribution is -2.59. The molecule has 1 unspecified atom stereocenters. The van der Waals surface area contributed by atoms with Crippen LogP contribution in [0.25, 0.3) is 0 Å². The van der Waals surface area contributed by atoms with Gasteiger partial charge in [0.1, 0.15) is 22.6 Å². The van der Waals surface area contributed by atoms with Crippen LogP contribution >= 0.6 is 0 Å². The maximum atomic E-state index is 13.4. The van der Waals surface area contributed by atoms with E-state index in [4.69, 9.17) is 24.5 Å². The third kappa shape index (κ3) is 6.88. The number of allylic oxidation sites excluding steroid dienone is 1. The lowest BCUT2D eigenvalue weighted by atomic mass is 9.97. The average Bonchev–Trinajstić information content (AvgIpc) is 3.58. The van der Waals surface area contributed by atoms with E-state index < -0.39 is 34.8 Å². The van der Waals surface area contributed by atoms with Crippen molar-refractivity contribution in [1.82, 2.24) is 15.8 Å². The van der Waals surface area contributed by atoms with Gasteiger partial charge in [-0.1, -0.05) is 11.7 Å². The fraction of sp³-hybridized carbons (Fsp3) is 0.304. The summed E-state index contributed by atoms with van der Waals surface area (Å²) in [6, 6.07) is 4.53. The monoisotopic (exact) mass is 523 g/mol. The van der Waals surface area contributed by atoms with Gasteiger partial charge in [0.2, 0.25) is 11.7 Å². The minimum Gasteiger partial charge on any atom is -0.497 e. The van der Waals surface area contributed by atoms with E-state index in [1.54, 1.807) is 0 Å². The number of nitrogens with one attached hydrogen (secondary N) is 2. The van der Waals surface area contributed by atoms with Crippen molar-refractivity contribution >= 4 is 18.0 Å². The molecule has 1 atom stereocenters. The lowest BCUT2D eigenvalue weighted by Gasteiger charge is -2.26. The van der Waals surface area contributed by atoms with Gasteiger partial charge in [0.25, 0.3) is 5.91 Å². The molecule has 1 saturated heterocycles. The van der Waals surface area contributed by atoms with Gasteiger partial charge in [-0.3, -0.25) is 14.6 Å². The molecule has 4 N–H and O–H groups in total. The zero-order chi connectivity index (χ0) is 27.1. The van der Waals surface area contributed by atoms with E-state index in [9.17, 15) is 22.8 Å². The zero-order valence-corrected chi connectivity index (χ0v) is 19.6. The normalized spacial score (nSPS) is 18.0. The maximum Gasteiger partial charge on any atom is 0.420 e. The van der Waals surface area contributed by atoms with Crippen LogP contribution in [0.15, 0.2) is 64.2 Å². The highest BCUT2D eigenvalue weighted by atomic mass is 19.4. The predicted octanol–water partition coefficient (Wildman–Crippen LogP) is 2.17. The van der Waals surface area contributed by atoms with Crippen molar-refractivity contribution < 1.29 is 41.5 Å².